The predicted molar refractivity (Wildman–Crippen MR) is 68.3 cm³/mol. The van der Waals surface area contributed by atoms with Crippen molar-refractivity contribution in [2.45, 2.75) is 38.5 Å². The molecule has 1 saturated carbocycles. The molecule has 0 radical (unpaired) electrons. The second-order valence-electron chi connectivity index (χ2n) is 5.05. The van der Waals surface area contributed by atoms with Crippen LogP contribution in [-0.4, -0.2) is 18.5 Å². The van der Waals surface area contributed by atoms with Crippen LogP contribution in [0.3, 0.4) is 0 Å². The number of carbonyl (C=O) groups excluding carboxylic acids is 1. The van der Waals surface area contributed by atoms with Gasteiger partial charge in [-0.25, -0.2) is 0 Å². The maximum atomic E-state index is 12.4. The molecule has 0 spiro atoms. The molecule has 20 heavy (non-hydrogen) atoms. The molecule has 0 bridgehead atoms. The number of Topliss-reactive ketones (excluding diaryl/α,β-unsaturated/α-hetero) is 1. The lowest BCUT2D eigenvalue weighted by molar-refractivity contribution is -0.137. The molecule has 2 rings (SSSR count). The molecule has 1 aliphatic carbocycles. The summed E-state index contributed by atoms with van der Waals surface area (Å²) in [5.41, 5.74) is -0.106. The number of rotatable bonds is 6. The van der Waals surface area contributed by atoms with E-state index < -0.39 is 17.8 Å². The highest BCUT2D eigenvalue weighted by Crippen LogP contribution is 2.35. The quantitative estimate of drug-likeness (QED) is 0.798. The highest BCUT2D eigenvalue weighted by Gasteiger charge is 2.36. The lowest BCUT2D eigenvalue weighted by Gasteiger charge is -2.15. The summed E-state index contributed by atoms with van der Waals surface area (Å²) in [4.78, 5) is 12.1. The summed E-state index contributed by atoms with van der Waals surface area (Å²) in [6, 6.07) is 4.73. The first-order chi connectivity index (χ1) is 9.41. The monoisotopic (exact) mass is 286 g/mol. The summed E-state index contributed by atoms with van der Waals surface area (Å²) in [5.74, 6) is 0.242. The van der Waals surface area contributed by atoms with Crippen molar-refractivity contribution in [3.05, 3.63) is 35.4 Å². The summed E-state index contributed by atoms with van der Waals surface area (Å²) in [6.07, 6.45) is -2.64. The Kier molecular flexibility index (Phi) is 4.48. The van der Waals surface area contributed by atoms with Crippen molar-refractivity contribution < 1.29 is 22.7 Å². The molecular weight excluding hydrogens is 269 g/mol. The van der Waals surface area contributed by atoms with Gasteiger partial charge in [-0.05, 0) is 43.4 Å². The van der Waals surface area contributed by atoms with E-state index in [2.05, 4.69) is 0 Å². The van der Waals surface area contributed by atoms with Gasteiger partial charge in [-0.3, -0.25) is 4.79 Å². The van der Waals surface area contributed by atoms with E-state index >= 15 is 0 Å². The highest BCUT2D eigenvalue weighted by atomic mass is 19.4. The summed E-state index contributed by atoms with van der Waals surface area (Å²) in [6.45, 7) is 2.31. The minimum Gasteiger partial charge on any atom is -0.370 e. The van der Waals surface area contributed by atoms with Gasteiger partial charge in [0.1, 0.15) is 6.10 Å². The van der Waals surface area contributed by atoms with E-state index in [4.69, 9.17) is 4.74 Å². The minimum absolute atomic E-state index is 0.0471. The molecule has 1 unspecified atom stereocenters. The van der Waals surface area contributed by atoms with Crippen molar-refractivity contribution in [3.8, 4) is 0 Å². The Balaban J connectivity index is 2.00. The van der Waals surface area contributed by atoms with Crippen molar-refractivity contribution in [2.24, 2.45) is 5.92 Å². The molecule has 0 saturated heterocycles. The van der Waals surface area contributed by atoms with Gasteiger partial charge in [0.25, 0.3) is 0 Å². The molecule has 2 nitrogen and oxygen atoms in total. The third-order valence-electron chi connectivity index (χ3n) is 3.37. The summed E-state index contributed by atoms with van der Waals surface area (Å²) in [7, 11) is 0. The van der Waals surface area contributed by atoms with E-state index in [0.29, 0.717) is 12.2 Å². The van der Waals surface area contributed by atoms with Gasteiger partial charge in [-0.2, -0.15) is 13.2 Å². The minimum atomic E-state index is -4.34. The number of halogens is 3. The fourth-order valence-corrected chi connectivity index (χ4v) is 2.18. The Morgan fingerprint density at radius 3 is 2.35 bits per heavy atom. The number of alkyl halides is 3. The number of hydrogen-bond donors (Lipinski definition) is 0. The van der Waals surface area contributed by atoms with E-state index in [1.54, 1.807) is 0 Å². The zero-order chi connectivity index (χ0) is 14.8. The second kappa shape index (κ2) is 5.95. The first-order valence-corrected chi connectivity index (χ1v) is 6.72. The molecule has 1 aromatic rings. The van der Waals surface area contributed by atoms with Crippen LogP contribution < -0.4 is 0 Å². The van der Waals surface area contributed by atoms with Crippen LogP contribution in [0.25, 0.3) is 0 Å². The van der Waals surface area contributed by atoms with Gasteiger partial charge >= 0.3 is 6.18 Å². The summed E-state index contributed by atoms with van der Waals surface area (Å²) < 4.78 is 42.8. The van der Waals surface area contributed by atoms with Crippen LogP contribution in [0.1, 0.15) is 30.9 Å². The largest absolute Gasteiger partial charge is 0.416 e. The molecule has 0 N–H and O–H groups in total. The second-order valence-corrected chi connectivity index (χ2v) is 5.05. The number of hydrogen-bond acceptors (Lipinski definition) is 2. The van der Waals surface area contributed by atoms with Crippen molar-refractivity contribution in [1.82, 2.24) is 0 Å². The van der Waals surface area contributed by atoms with Gasteiger partial charge in [0.2, 0.25) is 0 Å². The average Bonchev–Trinajstić information content (AvgIpc) is 3.19. The van der Waals surface area contributed by atoms with Crippen LogP contribution in [-0.2, 0) is 22.1 Å². The van der Waals surface area contributed by atoms with Gasteiger partial charge in [-0.15, -0.1) is 0 Å². The number of benzene rings is 1. The normalized spacial score (nSPS) is 17.0. The SMILES string of the molecule is CCOC(C(=O)Cc1ccc(C(F)(F)F)cc1)C1CC1. The smallest absolute Gasteiger partial charge is 0.370 e. The number of ether oxygens (including phenoxy) is 1. The molecule has 0 aromatic heterocycles. The molecule has 1 aliphatic rings. The van der Waals surface area contributed by atoms with E-state index in [1.807, 2.05) is 6.92 Å². The average molecular weight is 286 g/mol. The molecule has 0 heterocycles. The number of ketones is 1. The Hall–Kier alpha value is -1.36. The molecule has 1 fully saturated rings. The topological polar surface area (TPSA) is 26.3 Å². The first-order valence-electron chi connectivity index (χ1n) is 6.72. The lowest BCUT2D eigenvalue weighted by Crippen LogP contribution is -2.28. The standard InChI is InChI=1S/C15H17F3O2/c1-2-20-14(11-5-6-11)13(19)9-10-3-7-12(8-4-10)15(16,17)18/h3-4,7-8,11,14H,2,5-6,9H2,1H3. The summed E-state index contributed by atoms with van der Waals surface area (Å²) >= 11 is 0. The van der Waals surface area contributed by atoms with Crippen LogP contribution in [0.4, 0.5) is 13.2 Å². The van der Waals surface area contributed by atoms with Gasteiger partial charge < -0.3 is 4.74 Å². The zero-order valence-electron chi connectivity index (χ0n) is 11.2. The fraction of sp³-hybridized carbons (Fsp3) is 0.533. The molecule has 110 valence electrons. The van der Waals surface area contributed by atoms with E-state index in [9.17, 15) is 18.0 Å². The third-order valence-corrected chi connectivity index (χ3v) is 3.37. The molecule has 0 amide bonds. The highest BCUT2D eigenvalue weighted by molar-refractivity contribution is 5.85. The van der Waals surface area contributed by atoms with Crippen molar-refractivity contribution in [1.29, 1.82) is 0 Å². The van der Waals surface area contributed by atoms with Crippen LogP contribution in [0.2, 0.25) is 0 Å². The molecule has 0 aliphatic heterocycles. The van der Waals surface area contributed by atoms with Crippen LogP contribution in [0.5, 0.6) is 0 Å². The maximum absolute atomic E-state index is 12.4. The Morgan fingerprint density at radius 1 is 1.30 bits per heavy atom. The van der Waals surface area contributed by atoms with E-state index in [1.165, 1.54) is 12.1 Å². The predicted octanol–water partition coefficient (Wildman–Crippen LogP) is 3.63. The van der Waals surface area contributed by atoms with Crippen molar-refractivity contribution in [2.75, 3.05) is 6.61 Å². The fourth-order valence-electron chi connectivity index (χ4n) is 2.18. The Labute approximate surface area is 115 Å². The van der Waals surface area contributed by atoms with Gasteiger partial charge in [0.05, 0.1) is 5.56 Å². The van der Waals surface area contributed by atoms with Gasteiger partial charge in [0, 0.05) is 13.0 Å². The van der Waals surface area contributed by atoms with Crippen molar-refractivity contribution in [3.63, 3.8) is 0 Å². The zero-order valence-corrected chi connectivity index (χ0v) is 11.2. The molecule has 1 aromatic carbocycles. The first kappa shape index (κ1) is 15.0. The summed E-state index contributed by atoms with van der Waals surface area (Å²) in [5, 5.41) is 0. The van der Waals surface area contributed by atoms with Gasteiger partial charge in [-0.1, -0.05) is 12.1 Å². The third kappa shape index (κ3) is 3.82. The Bertz CT molecular complexity index is 461. The lowest BCUT2D eigenvalue weighted by atomic mass is 10.0. The van der Waals surface area contributed by atoms with Crippen LogP contribution in [0, 0.1) is 5.92 Å². The molecule has 1 atom stereocenters. The maximum Gasteiger partial charge on any atom is 0.416 e. The van der Waals surface area contributed by atoms with Crippen LogP contribution >= 0.6 is 0 Å². The van der Waals surface area contributed by atoms with Gasteiger partial charge in [0.15, 0.2) is 5.78 Å². The van der Waals surface area contributed by atoms with Crippen LogP contribution in [0.15, 0.2) is 24.3 Å². The molecule has 5 heteroatoms. The Morgan fingerprint density at radius 2 is 1.90 bits per heavy atom. The number of carbonyl (C=O) groups is 1. The van der Waals surface area contributed by atoms with Crippen molar-refractivity contribution >= 4 is 5.78 Å². The van der Waals surface area contributed by atoms with E-state index in [-0.39, 0.29) is 18.1 Å². The molecular formula is C15H17F3O2. The van der Waals surface area contributed by atoms with E-state index in [0.717, 1.165) is 25.0 Å².